The van der Waals surface area contributed by atoms with Crippen molar-refractivity contribution in [3.8, 4) is 11.5 Å². The number of para-hydroxylation sites is 2. The Labute approximate surface area is 145 Å². The van der Waals surface area contributed by atoms with Crippen LogP contribution in [0.4, 0.5) is 0 Å². The van der Waals surface area contributed by atoms with E-state index in [9.17, 15) is 4.79 Å². The van der Waals surface area contributed by atoms with Gasteiger partial charge in [0.15, 0.2) is 11.5 Å². The molecular weight excluding hydrogens is 330 g/mol. The molecular formula is C18H18ClNO4. The highest BCUT2D eigenvalue weighted by Crippen LogP contribution is 2.31. The standard InChI is InChI=1S/C18H18ClNO4/c1-20(9-13-8-12(18(21)22)6-7-15(13)19)10-14-11-23-16-4-2-3-5-17(16)24-14/h2-8,14H,9-11H2,1H3,(H,21,22). The first-order chi connectivity index (χ1) is 11.5. The lowest BCUT2D eigenvalue weighted by Gasteiger charge is -2.29. The van der Waals surface area contributed by atoms with Gasteiger partial charge in [-0.05, 0) is 42.9 Å². The molecule has 5 nitrogen and oxygen atoms in total. The van der Waals surface area contributed by atoms with Gasteiger partial charge in [-0.1, -0.05) is 23.7 Å². The fourth-order valence-corrected chi connectivity index (χ4v) is 2.86. The first-order valence-electron chi connectivity index (χ1n) is 7.61. The lowest BCUT2D eigenvalue weighted by Crippen LogP contribution is -2.39. The highest BCUT2D eigenvalue weighted by atomic mass is 35.5. The molecule has 6 heteroatoms. The van der Waals surface area contributed by atoms with Gasteiger partial charge in [0.25, 0.3) is 0 Å². The monoisotopic (exact) mass is 347 g/mol. The van der Waals surface area contributed by atoms with Gasteiger partial charge >= 0.3 is 5.97 Å². The van der Waals surface area contributed by atoms with Gasteiger partial charge < -0.3 is 14.6 Å². The van der Waals surface area contributed by atoms with E-state index >= 15 is 0 Å². The van der Waals surface area contributed by atoms with E-state index in [2.05, 4.69) is 0 Å². The Kier molecular flexibility index (Phi) is 4.92. The molecule has 0 saturated heterocycles. The van der Waals surface area contributed by atoms with E-state index in [1.807, 2.05) is 36.2 Å². The maximum Gasteiger partial charge on any atom is 0.335 e. The summed E-state index contributed by atoms with van der Waals surface area (Å²) in [5.74, 6) is 0.540. The van der Waals surface area contributed by atoms with E-state index in [1.165, 1.54) is 6.07 Å². The van der Waals surface area contributed by atoms with Crippen molar-refractivity contribution in [1.82, 2.24) is 4.90 Å². The van der Waals surface area contributed by atoms with Crippen molar-refractivity contribution < 1.29 is 19.4 Å². The van der Waals surface area contributed by atoms with Gasteiger partial charge in [0.1, 0.15) is 12.7 Å². The predicted octanol–water partition coefficient (Wildman–Crippen LogP) is 3.31. The summed E-state index contributed by atoms with van der Waals surface area (Å²) in [4.78, 5) is 13.1. The molecule has 0 radical (unpaired) electrons. The number of carbonyl (C=O) groups is 1. The molecule has 126 valence electrons. The van der Waals surface area contributed by atoms with Crippen LogP contribution >= 0.6 is 11.6 Å². The van der Waals surface area contributed by atoms with E-state index in [4.69, 9.17) is 26.2 Å². The Bertz CT molecular complexity index is 750. The fraction of sp³-hybridized carbons (Fsp3) is 0.278. The van der Waals surface area contributed by atoms with Crippen molar-refractivity contribution >= 4 is 17.6 Å². The topological polar surface area (TPSA) is 59.0 Å². The summed E-state index contributed by atoms with van der Waals surface area (Å²) in [6, 6.07) is 12.3. The average molecular weight is 348 g/mol. The van der Waals surface area contributed by atoms with Crippen LogP contribution in [0, 0.1) is 0 Å². The van der Waals surface area contributed by atoms with Crippen molar-refractivity contribution in [2.75, 3.05) is 20.2 Å². The number of rotatable bonds is 5. The number of fused-ring (bicyclic) bond motifs is 1. The number of ether oxygens (including phenoxy) is 2. The van der Waals surface area contributed by atoms with Crippen LogP contribution in [-0.4, -0.2) is 42.3 Å². The zero-order valence-electron chi connectivity index (χ0n) is 13.2. The molecule has 2 aromatic carbocycles. The van der Waals surface area contributed by atoms with E-state index in [0.29, 0.717) is 24.7 Å². The minimum Gasteiger partial charge on any atom is -0.486 e. The van der Waals surface area contributed by atoms with E-state index in [1.54, 1.807) is 12.1 Å². The molecule has 3 rings (SSSR count). The maximum atomic E-state index is 11.1. The van der Waals surface area contributed by atoms with Crippen molar-refractivity contribution in [3.05, 3.63) is 58.6 Å². The van der Waals surface area contributed by atoms with Gasteiger partial charge in [0, 0.05) is 18.1 Å². The lowest BCUT2D eigenvalue weighted by atomic mass is 10.1. The van der Waals surface area contributed by atoms with Gasteiger partial charge in [-0.25, -0.2) is 4.79 Å². The number of carboxylic acids is 1. The molecule has 2 aromatic rings. The van der Waals surface area contributed by atoms with Crippen LogP contribution in [0.15, 0.2) is 42.5 Å². The smallest absolute Gasteiger partial charge is 0.335 e. The van der Waals surface area contributed by atoms with Gasteiger partial charge in [-0.15, -0.1) is 0 Å². The van der Waals surface area contributed by atoms with Gasteiger partial charge in [-0.3, -0.25) is 4.90 Å². The molecule has 0 fully saturated rings. The van der Waals surface area contributed by atoms with Crippen LogP contribution in [0.5, 0.6) is 11.5 Å². The largest absolute Gasteiger partial charge is 0.486 e. The van der Waals surface area contributed by atoms with Crippen molar-refractivity contribution in [2.45, 2.75) is 12.6 Å². The van der Waals surface area contributed by atoms with Crippen LogP contribution in [0.25, 0.3) is 0 Å². The summed E-state index contributed by atoms with van der Waals surface area (Å²) in [7, 11) is 1.94. The molecule has 0 bridgehead atoms. The van der Waals surface area contributed by atoms with Crippen LogP contribution in [0.1, 0.15) is 15.9 Å². The van der Waals surface area contributed by atoms with Crippen molar-refractivity contribution in [3.63, 3.8) is 0 Å². The molecule has 24 heavy (non-hydrogen) atoms. The van der Waals surface area contributed by atoms with Gasteiger partial charge in [0.2, 0.25) is 0 Å². The van der Waals surface area contributed by atoms with Crippen molar-refractivity contribution in [1.29, 1.82) is 0 Å². The summed E-state index contributed by atoms with van der Waals surface area (Å²) in [5.41, 5.74) is 1.00. The quantitative estimate of drug-likeness (QED) is 0.899. The Morgan fingerprint density at radius 1 is 1.29 bits per heavy atom. The third-order valence-electron chi connectivity index (χ3n) is 3.82. The molecule has 0 aromatic heterocycles. The normalized spacial score (nSPS) is 16.2. The van der Waals surface area contributed by atoms with Crippen molar-refractivity contribution in [2.24, 2.45) is 0 Å². The second kappa shape index (κ2) is 7.11. The molecule has 0 saturated carbocycles. The van der Waals surface area contributed by atoms with Crippen LogP contribution in [0.2, 0.25) is 5.02 Å². The number of aromatic carboxylic acids is 1. The zero-order chi connectivity index (χ0) is 17.1. The molecule has 0 aliphatic carbocycles. The number of benzene rings is 2. The zero-order valence-corrected chi connectivity index (χ0v) is 14.0. The molecule has 1 heterocycles. The predicted molar refractivity (Wildman–Crippen MR) is 91.1 cm³/mol. The molecule has 0 amide bonds. The Morgan fingerprint density at radius 2 is 2.04 bits per heavy atom. The SMILES string of the molecule is CN(Cc1cc(C(=O)O)ccc1Cl)CC1COc2ccccc2O1. The van der Waals surface area contributed by atoms with Crippen LogP contribution in [0.3, 0.4) is 0 Å². The van der Waals surface area contributed by atoms with E-state index < -0.39 is 5.97 Å². The molecule has 1 aliphatic rings. The Hall–Kier alpha value is -2.24. The van der Waals surface area contributed by atoms with E-state index in [-0.39, 0.29) is 11.7 Å². The van der Waals surface area contributed by atoms with E-state index in [0.717, 1.165) is 17.1 Å². The first kappa shape index (κ1) is 16.6. The summed E-state index contributed by atoms with van der Waals surface area (Å²) in [5, 5.41) is 9.65. The average Bonchev–Trinajstić information content (AvgIpc) is 2.56. The number of halogens is 1. The Morgan fingerprint density at radius 3 is 2.79 bits per heavy atom. The first-order valence-corrected chi connectivity index (χ1v) is 7.99. The number of hydrogen-bond acceptors (Lipinski definition) is 4. The molecule has 1 N–H and O–H groups in total. The van der Waals surface area contributed by atoms with Crippen LogP contribution in [-0.2, 0) is 6.54 Å². The highest BCUT2D eigenvalue weighted by molar-refractivity contribution is 6.31. The highest BCUT2D eigenvalue weighted by Gasteiger charge is 2.22. The fourth-order valence-electron chi connectivity index (χ4n) is 2.68. The molecule has 0 spiro atoms. The maximum absolute atomic E-state index is 11.1. The number of hydrogen-bond donors (Lipinski definition) is 1. The van der Waals surface area contributed by atoms with Gasteiger partial charge in [-0.2, -0.15) is 0 Å². The number of nitrogens with zero attached hydrogens (tertiary/aromatic N) is 1. The van der Waals surface area contributed by atoms with Crippen LogP contribution < -0.4 is 9.47 Å². The number of carboxylic acid groups (broad SMARTS) is 1. The third kappa shape index (κ3) is 3.80. The second-order valence-electron chi connectivity index (χ2n) is 5.81. The second-order valence-corrected chi connectivity index (χ2v) is 6.21. The Balaban J connectivity index is 1.63. The lowest BCUT2D eigenvalue weighted by molar-refractivity contribution is 0.0637. The molecule has 1 unspecified atom stereocenters. The minimum atomic E-state index is -0.962. The minimum absolute atomic E-state index is 0.0914. The summed E-state index contributed by atoms with van der Waals surface area (Å²) in [6.07, 6.45) is -0.0914. The molecule has 1 aliphatic heterocycles. The summed E-state index contributed by atoms with van der Waals surface area (Å²) >= 11 is 6.18. The summed E-state index contributed by atoms with van der Waals surface area (Å²) < 4.78 is 11.6. The van der Waals surface area contributed by atoms with Gasteiger partial charge in [0.05, 0.1) is 5.56 Å². The number of likely N-dealkylation sites (N-methyl/N-ethyl adjacent to an activating group) is 1. The third-order valence-corrected chi connectivity index (χ3v) is 4.18. The summed E-state index contributed by atoms with van der Waals surface area (Å²) in [6.45, 7) is 1.65. The molecule has 1 atom stereocenters.